The standard InChI is InChI=1S/C20H21N3O/c21-14-16-8-10-17(11-9-16)18(13-15-5-1-2-6-15)20(24)23-19-7-3-4-12-22-19/h3-4,7-12,15,18H,1-2,5-6,13H2,(H,22,23,24). The van der Waals surface area contributed by atoms with E-state index in [1.54, 1.807) is 24.4 Å². The predicted octanol–water partition coefficient (Wildman–Crippen LogP) is 4.26. The first kappa shape index (κ1) is 16.2. The molecule has 1 amide bonds. The first-order chi connectivity index (χ1) is 11.8. The fourth-order valence-corrected chi connectivity index (χ4v) is 3.41. The summed E-state index contributed by atoms with van der Waals surface area (Å²) in [5, 5.41) is 11.9. The van der Waals surface area contributed by atoms with Crippen molar-refractivity contribution in [2.75, 3.05) is 5.32 Å². The van der Waals surface area contributed by atoms with Gasteiger partial charge in [0.05, 0.1) is 17.6 Å². The molecule has 1 unspecified atom stereocenters. The molecule has 0 spiro atoms. The molecule has 1 heterocycles. The molecule has 1 aromatic carbocycles. The Balaban J connectivity index is 1.80. The van der Waals surface area contributed by atoms with Crippen LogP contribution in [0.25, 0.3) is 0 Å². The van der Waals surface area contributed by atoms with Crippen molar-refractivity contribution in [2.45, 2.75) is 38.0 Å². The van der Waals surface area contributed by atoms with Crippen LogP contribution in [0.3, 0.4) is 0 Å². The number of pyridine rings is 1. The van der Waals surface area contributed by atoms with Gasteiger partial charge >= 0.3 is 0 Å². The Morgan fingerprint density at radius 3 is 2.58 bits per heavy atom. The lowest BCUT2D eigenvalue weighted by atomic mass is 9.87. The van der Waals surface area contributed by atoms with E-state index in [1.807, 2.05) is 24.3 Å². The van der Waals surface area contributed by atoms with Crippen LogP contribution in [-0.4, -0.2) is 10.9 Å². The number of nitriles is 1. The second-order valence-corrected chi connectivity index (χ2v) is 6.38. The van der Waals surface area contributed by atoms with Crippen LogP contribution in [0.5, 0.6) is 0 Å². The highest BCUT2D eigenvalue weighted by Crippen LogP contribution is 2.34. The van der Waals surface area contributed by atoms with Crippen LogP contribution in [0.4, 0.5) is 5.82 Å². The molecule has 1 aliphatic carbocycles. The molecular formula is C20H21N3O. The summed E-state index contributed by atoms with van der Waals surface area (Å²) >= 11 is 0. The molecule has 1 aliphatic rings. The molecule has 1 fully saturated rings. The lowest BCUT2D eigenvalue weighted by molar-refractivity contribution is -0.118. The van der Waals surface area contributed by atoms with Gasteiger partial charge in [-0.3, -0.25) is 4.79 Å². The Kier molecular flexibility index (Phi) is 5.22. The van der Waals surface area contributed by atoms with Crippen molar-refractivity contribution in [3.8, 4) is 6.07 Å². The minimum atomic E-state index is -0.206. The molecule has 0 saturated heterocycles. The number of carbonyl (C=O) groups is 1. The SMILES string of the molecule is N#Cc1ccc(C(CC2CCCC2)C(=O)Nc2ccccn2)cc1. The van der Waals surface area contributed by atoms with Crippen LogP contribution >= 0.6 is 0 Å². The summed E-state index contributed by atoms with van der Waals surface area (Å²) in [6.07, 6.45) is 7.43. The molecule has 2 aromatic rings. The number of hydrogen-bond donors (Lipinski definition) is 1. The molecule has 0 aliphatic heterocycles. The number of carbonyl (C=O) groups excluding carboxylic acids is 1. The van der Waals surface area contributed by atoms with Crippen molar-refractivity contribution >= 4 is 11.7 Å². The van der Waals surface area contributed by atoms with Gasteiger partial charge in [-0.25, -0.2) is 4.98 Å². The molecule has 122 valence electrons. The van der Waals surface area contributed by atoms with E-state index in [0.29, 0.717) is 17.3 Å². The van der Waals surface area contributed by atoms with Gasteiger partial charge in [0.1, 0.15) is 5.82 Å². The fourth-order valence-electron chi connectivity index (χ4n) is 3.41. The Hall–Kier alpha value is -2.67. The van der Waals surface area contributed by atoms with Gasteiger partial charge in [0.15, 0.2) is 0 Å². The number of nitrogens with zero attached hydrogens (tertiary/aromatic N) is 2. The van der Waals surface area contributed by atoms with Gasteiger partial charge in [-0.05, 0) is 42.2 Å². The maximum Gasteiger partial charge on any atom is 0.233 e. The second kappa shape index (κ2) is 7.74. The first-order valence-electron chi connectivity index (χ1n) is 8.48. The summed E-state index contributed by atoms with van der Waals surface area (Å²) in [6.45, 7) is 0. The van der Waals surface area contributed by atoms with E-state index in [4.69, 9.17) is 5.26 Å². The highest BCUT2D eigenvalue weighted by Gasteiger charge is 2.26. The lowest BCUT2D eigenvalue weighted by Gasteiger charge is -2.20. The van der Waals surface area contributed by atoms with E-state index >= 15 is 0 Å². The largest absolute Gasteiger partial charge is 0.310 e. The fraction of sp³-hybridized carbons (Fsp3) is 0.350. The van der Waals surface area contributed by atoms with Crippen molar-refractivity contribution in [3.63, 3.8) is 0 Å². The van der Waals surface area contributed by atoms with E-state index < -0.39 is 0 Å². The number of rotatable bonds is 5. The molecular weight excluding hydrogens is 298 g/mol. The minimum Gasteiger partial charge on any atom is -0.310 e. The number of anilines is 1. The highest BCUT2D eigenvalue weighted by molar-refractivity contribution is 5.95. The van der Waals surface area contributed by atoms with E-state index in [-0.39, 0.29) is 11.8 Å². The second-order valence-electron chi connectivity index (χ2n) is 6.38. The van der Waals surface area contributed by atoms with Crippen molar-refractivity contribution in [1.29, 1.82) is 5.26 Å². The summed E-state index contributed by atoms with van der Waals surface area (Å²) in [6, 6.07) is 15.0. The quantitative estimate of drug-likeness (QED) is 0.895. The zero-order valence-corrected chi connectivity index (χ0v) is 13.6. The Morgan fingerprint density at radius 2 is 1.96 bits per heavy atom. The third-order valence-electron chi connectivity index (χ3n) is 4.72. The van der Waals surface area contributed by atoms with Crippen molar-refractivity contribution in [3.05, 3.63) is 59.8 Å². The minimum absolute atomic E-state index is 0.0229. The van der Waals surface area contributed by atoms with Gasteiger partial charge in [0.25, 0.3) is 0 Å². The Labute approximate surface area is 142 Å². The van der Waals surface area contributed by atoms with Crippen LogP contribution in [0.15, 0.2) is 48.7 Å². The summed E-state index contributed by atoms with van der Waals surface area (Å²) in [5.74, 6) is 0.945. The smallest absolute Gasteiger partial charge is 0.233 e. The van der Waals surface area contributed by atoms with Gasteiger partial charge in [0, 0.05) is 6.20 Å². The first-order valence-corrected chi connectivity index (χ1v) is 8.48. The van der Waals surface area contributed by atoms with E-state index in [2.05, 4.69) is 16.4 Å². The van der Waals surface area contributed by atoms with Crippen LogP contribution < -0.4 is 5.32 Å². The number of hydrogen-bond acceptors (Lipinski definition) is 3. The van der Waals surface area contributed by atoms with Gasteiger partial charge in [0.2, 0.25) is 5.91 Å². The van der Waals surface area contributed by atoms with Crippen molar-refractivity contribution < 1.29 is 4.79 Å². The molecule has 24 heavy (non-hydrogen) atoms. The molecule has 1 aromatic heterocycles. The maximum atomic E-state index is 12.8. The van der Waals surface area contributed by atoms with E-state index in [9.17, 15) is 4.79 Å². The highest BCUT2D eigenvalue weighted by atomic mass is 16.1. The Bertz CT molecular complexity index is 713. The van der Waals surface area contributed by atoms with Crippen LogP contribution in [0, 0.1) is 17.2 Å². The molecule has 4 nitrogen and oxygen atoms in total. The summed E-state index contributed by atoms with van der Waals surface area (Å²) in [5.41, 5.74) is 1.58. The van der Waals surface area contributed by atoms with E-state index in [0.717, 1.165) is 12.0 Å². The molecule has 0 bridgehead atoms. The van der Waals surface area contributed by atoms with Crippen molar-refractivity contribution in [1.82, 2.24) is 4.98 Å². The lowest BCUT2D eigenvalue weighted by Crippen LogP contribution is -2.23. The van der Waals surface area contributed by atoms with Crippen LogP contribution in [0.2, 0.25) is 0 Å². The Morgan fingerprint density at radius 1 is 1.21 bits per heavy atom. The summed E-state index contributed by atoms with van der Waals surface area (Å²) < 4.78 is 0. The molecule has 4 heteroatoms. The number of nitrogens with one attached hydrogen (secondary N) is 1. The van der Waals surface area contributed by atoms with E-state index in [1.165, 1.54) is 25.7 Å². The zero-order chi connectivity index (χ0) is 16.8. The molecule has 0 radical (unpaired) electrons. The van der Waals surface area contributed by atoms with Crippen molar-refractivity contribution in [2.24, 2.45) is 5.92 Å². The molecule has 1 saturated carbocycles. The molecule has 1 atom stereocenters. The third kappa shape index (κ3) is 3.99. The van der Waals surface area contributed by atoms with Gasteiger partial charge in [-0.1, -0.05) is 43.9 Å². The number of benzene rings is 1. The monoisotopic (exact) mass is 319 g/mol. The number of aromatic nitrogens is 1. The molecule has 3 rings (SSSR count). The van der Waals surface area contributed by atoms with Gasteiger partial charge in [-0.15, -0.1) is 0 Å². The number of amides is 1. The summed E-state index contributed by atoms with van der Waals surface area (Å²) in [7, 11) is 0. The maximum absolute atomic E-state index is 12.8. The third-order valence-corrected chi connectivity index (χ3v) is 4.72. The van der Waals surface area contributed by atoms with Gasteiger partial charge < -0.3 is 5.32 Å². The van der Waals surface area contributed by atoms with Crippen LogP contribution in [0.1, 0.15) is 49.1 Å². The normalized spacial score (nSPS) is 15.6. The van der Waals surface area contributed by atoms with Gasteiger partial charge in [-0.2, -0.15) is 5.26 Å². The van der Waals surface area contributed by atoms with Crippen LogP contribution in [-0.2, 0) is 4.79 Å². The summed E-state index contributed by atoms with van der Waals surface area (Å²) in [4.78, 5) is 17.0. The molecule has 1 N–H and O–H groups in total. The topological polar surface area (TPSA) is 65.8 Å². The average molecular weight is 319 g/mol. The zero-order valence-electron chi connectivity index (χ0n) is 13.6. The predicted molar refractivity (Wildman–Crippen MR) is 93.3 cm³/mol. The average Bonchev–Trinajstić information content (AvgIpc) is 3.14.